The molecule has 1 unspecified atom stereocenters. The smallest absolute Gasteiger partial charge is 0.302 e. The molecule has 0 fully saturated rings. The molecule has 1 rings (SSSR count). The van der Waals surface area contributed by atoms with Gasteiger partial charge in [-0.25, -0.2) is 0 Å². The van der Waals surface area contributed by atoms with Crippen molar-refractivity contribution in [3.63, 3.8) is 0 Å². The summed E-state index contributed by atoms with van der Waals surface area (Å²) in [6, 6.07) is 9.50. The SMILES string of the molecule is CC(=O)OCCC(COC(C)=O)Nc1ccccc1. The summed E-state index contributed by atoms with van der Waals surface area (Å²) in [4.78, 5) is 21.6. The van der Waals surface area contributed by atoms with Gasteiger partial charge in [-0.05, 0) is 12.1 Å². The molecular weight excluding hydrogens is 246 g/mol. The molecule has 1 atom stereocenters. The lowest BCUT2D eigenvalue weighted by molar-refractivity contribution is -0.143. The van der Waals surface area contributed by atoms with Gasteiger partial charge in [-0.1, -0.05) is 18.2 Å². The standard InChI is InChI=1S/C14H19NO4/c1-11(16)18-9-8-14(10-19-12(2)17)15-13-6-4-3-5-7-13/h3-7,14-15H,8-10H2,1-2H3. The number of benzene rings is 1. The summed E-state index contributed by atoms with van der Waals surface area (Å²) in [5, 5.41) is 3.24. The molecule has 0 aliphatic rings. The van der Waals surface area contributed by atoms with E-state index in [1.807, 2.05) is 30.3 Å². The van der Waals surface area contributed by atoms with Crippen LogP contribution in [0.2, 0.25) is 0 Å². The second kappa shape index (κ2) is 8.13. The highest BCUT2D eigenvalue weighted by Crippen LogP contribution is 2.09. The van der Waals surface area contributed by atoms with Gasteiger partial charge in [0.15, 0.2) is 0 Å². The van der Waals surface area contributed by atoms with E-state index in [1.165, 1.54) is 13.8 Å². The Morgan fingerprint density at radius 2 is 1.74 bits per heavy atom. The Morgan fingerprint density at radius 3 is 2.32 bits per heavy atom. The molecule has 0 amide bonds. The van der Waals surface area contributed by atoms with E-state index in [9.17, 15) is 9.59 Å². The van der Waals surface area contributed by atoms with Crippen molar-refractivity contribution in [3.05, 3.63) is 30.3 Å². The number of para-hydroxylation sites is 1. The van der Waals surface area contributed by atoms with Crippen LogP contribution < -0.4 is 5.32 Å². The second-order valence-electron chi connectivity index (χ2n) is 4.14. The Morgan fingerprint density at radius 1 is 1.11 bits per heavy atom. The van der Waals surface area contributed by atoms with Crippen LogP contribution in [-0.2, 0) is 19.1 Å². The Hall–Kier alpha value is -2.04. The third-order valence-electron chi connectivity index (χ3n) is 2.40. The van der Waals surface area contributed by atoms with E-state index in [0.717, 1.165) is 5.69 Å². The molecule has 1 aromatic carbocycles. The molecule has 0 heterocycles. The molecule has 0 aliphatic carbocycles. The molecule has 0 radical (unpaired) electrons. The Kier molecular flexibility index (Phi) is 6.43. The maximum atomic E-state index is 10.8. The van der Waals surface area contributed by atoms with Crippen molar-refractivity contribution in [2.75, 3.05) is 18.5 Å². The molecule has 0 saturated heterocycles. The van der Waals surface area contributed by atoms with Crippen LogP contribution in [0.25, 0.3) is 0 Å². The van der Waals surface area contributed by atoms with Gasteiger partial charge >= 0.3 is 11.9 Å². The van der Waals surface area contributed by atoms with Crippen molar-refractivity contribution in [2.24, 2.45) is 0 Å². The van der Waals surface area contributed by atoms with Gasteiger partial charge in [-0.3, -0.25) is 9.59 Å². The summed E-state index contributed by atoms with van der Waals surface area (Å²) in [5.74, 6) is -0.640. The molecular formula is C14H19NO4. The van der Waals surface area contributed by atoms with E-state index in [1.54, 1.807) is 0 Å². The highest BCUT2D eigenvalue weighted by molar-refractivity contribution is 5.66. The average Bonchev–Trinajstić information content (AvgIpc) is 2.36. The average molecular weight is 265 g/mol. The molecule has 0 aliphatic heterocycles. The molecule has 1 aromatic rings. The number of carbonyl (C=O) groups is 2. The van der Waals surface area contributed by atoms with Crippen LogP contribution in [0.1, 0.15) is 20.3 Å². The van der Waals surface area contributed by atoms with E-state index in [0.29, 0.717) is 13.0 Å². The van der Waals surface area contributed by atoms with Crippen molar-refractivity contribution >= 4 is 17.6 Å². The summed E-state index contributed by atoms with van der Waals surface area (Å²) in [6.07, 6.45) is 0.571. The molecule has 104 valence electrons. The lowest BCUT2D eigenvalue weighted by Crippen LogP contribution is -2.28. The highest BCUT2D eigenvalue weighted by Gasteiger charge is 2.11. The molecule has 0 bridgehead atoms. The Balaban J connectivity index is 2.48. The molecule has 0 aromatic heterocycles. The zero-order chi connectivity index (χ0) is 14.1. The van der Waals surface area contributed by atoms with Crippen LogP contribution in [0.15, 0.2) is 30.3 Å². The predicted octanol–water partition coefficient (Wildman–Crippen LogP) is 1.98. The van der Waals surface area contributed by atoms with Crippen LogP contribution in [-0.4, -0.2) is 31.2 Å². The Labute approximate surface area is 112 Å². The van der Waals surface area contributed by atoms with Gasteiger partial charge < -0.3 is 14.8 Å². The summed E-state index contributed by atoms with van der Waals surface area (Å²) >= 11 is 0. The summed E-state index contributed by atoms with van der Waals surface area (Å²) < 4.78 is 9.89. The highest BCUT2D eigenvalue weighted by atomic mass is 16.5. The van der Waals surface area contributed by atoms with Gasteiger partial charge in [0.2, 0.25) is 0 Å². The second-order valence-corrected chi connectivity index (χ2v) is 4.14. The van der Waals surface area contributed by atoms with E-state index in [-0.39, 0.29) is 24.6 Å². The lowest BCUT2D eigenvalue weighted by atomic mass is 10.2. The number of hydrogen-bond donors (Lipinski definition) is 1. The summed E-state index contributed by atoms with van der Waals surface area (Å²) in [7, 11) is 0. The number of hydrogen-bond acceptors (Lipinski definition) is 5. The van der Waals surface area contributed by atoms with Crippen LogP contribution in [0.5, 0.6) is 0 Å². The first kappa shape index (κ1) is 15.0. The van der Waals surface area contributed by atoms with Gasteiger partial charge in [0.1, 0.15) is 6.61 Å². The number of nitrogens with one attached hydrogen (secondary N) is 1. The minimum absolute atomic E-state index is 0.0920. The maximum Gasteiger partial charge on any atom is 0.302 e. The van der Waals surface area contributed by atoms with Gasteiger partial charge in [0.05, 0.1) is 12.6 Å². The van der Waals surface area contributed by atoms with E-state index in [2.05, 4.69) is 5.32 Å². The number of ether oxygens (including phenoxy) is 2. The zero-order valence-electron chi connectivity index (χ0n) is 11.2. The summed E-state index contributed by atoms with van der Waals surface area (Å²) in [5.41, 5.74) is 0.933. The minimum Gasteiger partial charge on any atom is -0.466 e. The Bertz CT molecular complexity index is 405. The number of carbonyl (C=O) groups excluding carboxylic acids is 2. The van der Waals surface area contributed by atoms with Crippen molar-refractivity contribution in [2.45, 2.75) is 26.3 Å². The van der Waals surface area contributed by atoms with E-state index < -0.39 is 0 Å². The predicted molar refractivity (Wildman–Crippen MR) is 71.7 cm³/mol. The molecule has 0 spiro atoms. The number of anilines is 1. The first-order chi connectivity index (χ1) is 9.08. The third kappa shape index (κ3) is 7.08. The van der Waals surface area contributed by atoms with Gasteiger partial charge in [-0.15, -0.1) is 0 Å². The monoisotopic (exact) mass is 265 g/mol. The first-order valence-corrected chi connectivity index (χ1v) is 6.16. The van der Waals surface area contributed by atoms with Crippen LogP contribution in [0, 0.1) is 0 Å². The molecule has 1 N–H and O–H groups in total. The topological polar surface area (TPSA) is 64.6 Å². The van der Waals surface area contributed by atoms with Gasteiger partial charge in [-0.2, -0.15) is 0 Å². The zero-order valence-corrected chi connectivity index (χ0v) is 11.2. The fourth-order valence-electron chi connectivity index (χ4n) is 1.53. The molecule has 19 heavy (non-hydrogen) atoms. The van der Waals surface area contributed by atoms with Gasteiger partial charge in [0.25, 0.3) is 0 Å². The van der Waals surface area contributed by atoms with Crippen molar-refractivity contribution in [1.29, 1.82) is 0 Å². The van der Waals surface area contributed by atoms with Crippen molar-refractivity contribution < 1.29 is 19.1 Å². The maximum absolute atomic E-state index is 10.8. The van der Waals surface area contributed by atoms with E-state index in [4.69, 9.17) is 9.47 Å². The molecule has 0 saturated carbocycles. The van der Waals surface area contributed by atoms with E-state index >= 15 is 0 Å². The third-order valence-corrected chi connectivity index (χ3v) is 2.40. The van der Waals surface area contributed by atoms with Crippen molar-refractivity contribution in [1.82, 2.24) is 0 Å². The fourth-order valence-corrected chi connectivity index (χ4v) is 1.53. The molecule has 5 nitrogen and oxygen atoms in total. The normalized spacial score (nSPS) is 11.5. The lowest BCUT2D eigenvalue weighted by Gasteiger charge is -2.19. The van der Waals surface area contributed by atoms with Gasteiger partial charge in [0, 0.05) is 26.0 Å². The van der Waals surface area contributed by atoms with Crippen LogP contribution in [0.4, 0.5) is 5.69 Å². The van der Waals surface area contributed by atoms with Crippen LogP contribution in [0.3, 0.4) is 0 Å². The summed E-state index contributed by atoms with van der Waals surface area (Å²) in [6.45, 7) is 3.27. The fraction of sp³-hybridized carbons (Fsp3) is 0.429. The quantitative estimate of drug-likeness (QED) is 0.764. The first-order valence-electron chi connectivity index (χ1n) is 6.16. The van der Waals surface area contributed by atoms with Crippen molar-refractivity contribution in [3.8, 4) is 0 Å². The minimum atomic E-state index is -0.327. The van der Waals surface area contributed by atoms with Crippen LogP contribution >= 0.6 is 0 Å². The largest absolute Gasteiger partial charge is 0.466 e. The number of esters is 2. The molecule has 5 heteroatoms. The number of rotatable bonds is 7.